The number of ether oxygens (including phenoxy) is 5. The number of rotatable bonds is 5. The number of nitrogens with zero attached hydrogens (tertiary/aromatic N) is 1. The molecule has 9 atom stereocenters. The summed E-state index contributed by atoms with van der Waals surface area (Å²) in [5.74, 6) is -9.77. The minimum Gasteiger partial charge on any atom is -0.462 e. The normalized spacial score (nSPS) is 29.2. The first kappa shape index (κ1) is 47.6. The highest BCUT2D eigenvalue weighted by Gasteiger charge is 2.53. The van der Waals surface area contributed by atoms with Gasteiger partial charge in [-0.05, 0) is 51.3 Å². The molecule has 0 spiro atoms. The van der Waals surface area contributed by atoms with Gasteiger partial charge in [-0.1, -0.05) is 64.1 Å². The third-order valence-electron chi connectivity index (χ3n) is 12.8. The number of ketones is 3. The SMILES string of the molecule is COC1C=COC2(C)Oc3c(C)c(OC(=O)c4ccccc4)c4c(c3C2=O)C(=O)C(N2CCCCC2)=C(NC(=O)C(C)=CC=CC(C)C(O)C(C)C(O)C(C)C(OC(C)=O)C1C)C4=O. The number of aliphatic hydroxyl groups is 2. The van der Waals surface area contributed by atoms with Crippen molar-refractivity contribution in [3.05, 3.63) is 106 Å². The van der Waals surface area contributed by atoms with Crippen molar-refractivity contribution in [3.63, 3.8) is 0 Å². The van der Waals surface area contributed by atoms with Gasteiger partial charge < -0.3 is 44.1 Å². The second-order valence-corrected chi connectivity index (χ2v) is 17.3. The summed E-state index contributed by atoms with van der Waals surface area (Å²) in [7, 11) is 1.43. The molecule has 1 amide bonds. The summed E-state index contributed by atoms with van der Waals surface area (Å²) in [5, 5.41) is 25.7. The number of piperidine rings is 1. The molecule has 0 aromatic heterocycles. The second-order valence-electron chi connectivity index (χ2n) is 17.3. The van der Waals surface area contributed by atoms with Crippen LogP contribution in [0.3, 0.4) is 0 Å². The monoisotopic (exact) mass is 882 g/mol. The van der Waals surface area contributed by atoms with Crippen LogP contribution < -0.4 is 14.8 Å². The van der Waals surface area contributed by atoms with Gasteiger partial charge in [-0.25, -0.2) is 4.79 Å². The Kier molecular flexibility index (Phi) is 14.5. The molecule has 2 aromatic carbocycles. The smallest absolute Gasteiger partial charge is 0.343 e. The van der Waals surface area contributed by atoms with Gasteiger partial charge in [0.05, 0.1) is 46.8 Å². The molecule has 342 valence electrons. The molecular weight excluding hydrogens is 825 g/mol. The van der Waals surface area contributed by atoms with Crippen molar-refractivity contribution in [1.82, 2.24) is 10.2 Å². The lowest BCUT2D eigenvalue weighted by Crippen LogP contribution is -2.46. The number of amides is 1. The molecule has 7 rings (SSSR count). The quantitative estimate of drug-likeness (QED) is 0.234. The fraction of sp³-hybridized carbons (Fsp3) is 0.469. The summed E-state index contributed by atoms with van der Waals surface area (Å²) >= 11 is 0. The van der Waals surface area contributed by atoms with Gasteiger partial charge in [0.15, 0.2) is 0 Å². The summed E-state index contributed by atoms with van der Waals surface area (Å²) in [6.07, 6.45) is 5.67. The van der Waals surface area contributed by atoms with Gasteiger partial charge >= 0.3 is 17.7 Å². The first-order valence-corrected chi connectivity index (χ1v) is 21.7. The van der Waals surface area contributed by atoms with Gasteiger partial charge in [0.1, 0.15) is 29.0 Å². The topological polar surface area (TPSA) is 204 Å². The fourth-order valence-corrected chi connectivity index (χ4v) is 8.93. The molecule has 1 fully saturated rings. The van der Waals surface area contributed by atoms with Crippen LogP contribution in [0.15, 0.2) is 77.9 Å². The van der Waals surface area contributed by atoms with Gasteiger partial charge in [-0.2, -0.15) is 0 Å². The van der Waals surface area contributed by atoms with Crippen LogP contribution in [0.2, 0.25) is 0 Å². The molecular formula is C49H58N2O13. The Balaban J connectivity index is 1.55. The zero-order valence-corrected chi connectivity index (χ0v) is 37.8. The lowest BCUT2D eigenvalue weighted by molar-refractivity contribution is -0.160. The predicted octanol–water partition coefficient (Wildman–Crippen LogP) is 5.96. The number of benzene rings is 2. The average molecular weight is 883 g/mol. The summed E-state index contributed by atoms with van der Waals surface area (Å²) in [4.78, 5) is 87.0. The second kappa shape index (κ2) is 19.5. The summed E-state index contributed by atoms with van der Waals surface area (Å²) in [6.45, 7) is 13.2. The van der Waals surface area contributed by atoms with Crippen molar-refractivity contribution < 1.29 is 62.7 Å². The van der Waals surface area contributed by atoms with E-state index in [1.54, 1.807) is 62.9 Å². The van der Waals surface area contributed by atoms with E-state index in [1.807, 2.05) is 0 Å². The van der Waals surface area contributed by atoms with E-state index in [9.17, 15) is 29.4 Å². The van der Waals surface area contributed by atoms with Crippen LogP contribution in [0.5, 0.6) is 11.5 Å². The number of hydrogen-bond donors (Lipinski definition) is 3. The van der Waals surface area contributed by atoms with Crippen LogP contribution in [0.4, 0.5) is 0 Å². The number of carbonyl (C=O) groups is 6. The maximum Gasteiger partial charge on any atom is 0.343 e. The molecule has 4 heterocycles. The highest BCUT2D eigenvalue weighted by molar-refractivity contribution is 6.32. The van der Waals surface area contributed by atoms with Crippen LogP contribution in [-0.4, -0.2) is 101 Å². The van der Waals surface area contributed by atoms with Crippen molar-refractivity contribution in [2.75, 3.05) is 20.2 Å². The molecule has 3 N–H and O–H groups in total. The Hall–Kier alpha value is -5.90. The van der Waals surface area contributed by atoms with E-state index in [0.29, 0.717) is 25.9 Å². The van der Waals surface area contributed by atoms with Gasteiger partial charge in [0.2, 0.25) is 11.6 Å². The Labute approximate surface area is 373 Å². The number of Topliss-reactive ketones (excluding diaryl/α,β-unsaturated/α-hetero) is 3. The van der Waals surface area contributed by atoms with E-state index < -0.39 is 94.6 Å². The van der Waals surface area contributed by atoms with E-state index in [1.165, 1.54) is 65.4 Å². The molecule has 0 saturated carbocycles. The van der Waals surface area contributed by atoms with Crippen LogP contribution in [0.25, 0.3) is 0 Å². The molecule has 5 bridgehead atoms. The standard InChI is InChI=1S/C49H58N2O13/c1-25-17-16-18-26(2)47(58)50-37-38(51-22-14-11-15-23-51)42(56)34-35(41(37)55)44(63-48(59)32-19-12-10-13-20-32)30(6)45-36(34)46(57)49(8,64-45)61-24-21-33(60-9)27(3)43(62-31(7)52)29(5)40(54)28(4)39(25)53/h10,12-13,16-21,24-25,27-29,33,39-40,43,53-54H,11,14-15,22-23H2,1-9H3,(H,50,58). The van der Waals surface area contributed by atoms with Crippen molar-refractivity contribution in [1.29, 1.82) is 0 Å². The summed E-state index contributed by atoms with van der Waals surface area (Å²) < 4.78 is 29.9. The zero-order valence-electron chi connectivity index (χ0n) is 37.8. The Morgan fingerprint density at radius 2 is 1.53 bits per heavy atom. The van der Waals surface area contributed by atoms with Gasteiger partial charge in [0, 0.05) is 68.9 Å². The molecule has 1 aliphatic carbocycles. The van der Waals surface area contributed by atoms with Crippen LogP contribution in [0, 0.1) is 30.6 Å². The van der Waals surface area contributed by atoms with Crippen LogP contribution in [0.1, 0.15) is 115 Å². The number of aliphatic hydroxyl groups excluding tert-OH is 2. The number of methoxy groups -OCH3 is 1. The summed E-state index contributed by atoms with van der Waals surface area (Å²) in [5.41, 5.74) is -1.13. The molecule has 0 radical (unpaired) electrons. The zero-order chi connectivity index (χ0) is 46.8. The maximum atomic E-state index is 15.2. The van der Waals surface area contributed by atoms with E-state index in [-0.39, 0.29) is 50.7 Å². The van der Waals surface area contributed by atoms with Gasteiger partial charge in [-0.15, -0.1) is 0 Å². The average Bonchev–Trinajstić information content (AvgIpc) is 3.54. The molecule has 64 heavy (non-hydrogen) atoms. The van der Waals surface area contributed by atoms with E-state index >= 15 is 9.59 Å². The Morgan fingerprint density at radius 3 is 2.17 bits per heavy atom. The fourth-order valence-electron chi connectivity index (χ4n) is 8.93. The summed E-state index contributed by atoms with van der Waals surface area (Å²) in [6, 6.07) is 8.01. The highest BCUT2D eigenvalue weighted by atomic mass is 16.7. The van der Waals surface area contributed by atoms with Gasteiger partial charge in [-0.3, -0.25) is 24.0 Å². The third-order valence-corrected chi connectivity index (χ3v) is 12.8. The molecule has 9 unspecified atom stereocenters. The minimum absolute atomic E-state index is 0.0494. The first-order chi connectivity index (χ1) is 30.3. The Morgan fingerprint density at radius 1 is 0.859 bits per heavy atom. The minimum atomic E-state index is -2.13. The van der Waals surface area contributed by atoms with Crippen molar-refractivity contribution in [2.45, 2.75) is 105 Å². The van der Waals surface area contributed by atoms with Crippen molar-refractivity contribution >= 4 is 35.2 Å². The van der Waals surface area contributed by atoms with Crippen LogP contribution in [-0.2, 0) is 23.8 Å². The van der Waals surface area contributed by atoms with Crippen LogP contribution >= 0.6 is 0 Å². The largest absolute Gasteiger partial charge is 0.462 e. The van der Waals surface area contributed by atoms with E-state index in [0.717, 1.165) is 6.42 Å². The maximum absolute atomic E-state index is 15.2. The molecule has 4 aliphatic heterocycles. The number of hydrogen-bond acceptors (Lipinski definition) is 14. The highest BCUT2D eigenvalue weighted by Crippen LogP contribution is 2.50. The third kappa shape index (κ3) is 9.19. The van der Waals surface area contributed by atoms with E-state index in [4.69, 9.17) is 23.7 Å². The van der Waals surface area contributed by atoms with Gasteiger partial charge in [0.25, 0.3) is 11.7 Å². The number of esters is 2. The van der Waals surface area contributed by atoms with E-state index in [2.05, 4.69) is 5.32 Å². The lowest BCUT2D eigenvalue weighted by Gasteiger charge is -2.38. The number of fused-ring (bicyclic) bond motifs is 14. The lowest BCUT2D eigenvalue weighted by atomic mass is 9.78. The Bertz CT molecular complexity index is 2320. The molecule has 15 nitrogen and oxygen atoms in total. The molecule has 5 aliphatic rings. The van der Waals surface area contributed by atoms with Crippen molar-refractivity contribution in [2.24, 2.45) is 23.7 Å². The number of carbonyl (C=O) groups excluding carboxylic acids is 6. The molecule has 1 saturated heterocycles. The number of likely N-dealkylation sites (tertiary alicyclic amines) is 1. The first-order valence-electron chi connectivity index (χ1n) is 21.7. The molecule has 15 heteroatoms. The predicted molar refractivity (Wildman–Crippen MR) is 233 cm³/mol. The number of nitrogens with one attached hydrogen (secondary N) is 1. The number of allylic oxidation sites excluding steroid dienone is 4. The molecule has 2 aromatic rings. The van der Waals surface area contributed by atoms with Crippen molar-refractivity contribution in [3.8, 4) is 11.5 Å².